The van der Waals surface area contributed by atoms with Gasteiger partial charge >= 0.3 is 5.97 Å². The van der Waals surface area contributed by atoms with Gasteiger partial charge in [-0.15, -0.1) is 0 Å². The van der Waals surface area contributed by atoms with Crippen molar-refractivity contribution in [2.24, 2.45) is 5.92 Å². The summed E-state index contributed by atoms with van der Waals surface area (Å²) in [5.74, 6) is -1.01. The average molecular weight is 309 g/mol. The van der Waals surface area contributed by atoms with E-state index in [1.54, 1.807) is 18.8 Å². The van der Waals surface area contributed by atoms with Crippen LogP contribution < -0.4 is 0 Å². The third-order valence-electron chi connectivity index (χ3n) is 3.90. The molecule has 0 aromatic heterocycles. The van der Waals surface area contributed by atoms with Gasteiger partial charge in [-0.1, -0.05) is 13.3 Å². The number of rotatable bonds is 7. The van der Waals surface area contributed by atoms with Gasteiger partial charge in [-0.2, -0.15) is 11.8 Å². The van der Waals surface area contributed by atoms with E-state index in [9.17, 15) is 13.2 Å². The van der Waals surface area contributed by atoms with Gasteiger partial charge in [-0.25, -0.2) is 12.7 Å². The number of thioether (sulfide) groups is 1. The molecule has 1 aliphatic carbocycles. The van der Waals surface area contributed by atoms with E-state index in [0.717, 1.165) is 12.2 Å². The number of carboxylic acid groups (broad SMARTS) is 1. The Balaban J connectivity index is 2.93. The van der Waals surface area contributed by atoms with Crippen molar-refractivity contribution in [3.8, 4) is 0 Å². The monoisotopic (exact) mass is 309 g/mol. The molecule has 0 radical (unpaired) electrons. The fraction of sp³-hybridized carbons (Fsp3) is 0.917. The van der Waals surface area contributed by atoms with Crippen molar-refractivity contribution in [1.82, 2.24) is 4.31 Å². The number of hydrogen-bond donors (Lipinski definition) is 1. The first-order valence-electron chi connectivity index (χ1n) is 6.54. The van der Waals surface area contributed by atoms with E-state index in [1.807, 2.05) is 13.2 Å². The average Bonchev–Trinajstić information content (AvgIpc) is 2.85. The van der Waals surface area contributed by atoms with Crippen LogP contribution >= 0.6 is 11.8 Å². The Morgan fingerprint density at radius 2 is 2.11 bits per heavy atom. The highest BCUT2D eigenvalue weighted by Crippen LogP contribution is 2.33. The summed E-state index contributed by atoms with van der Waals surface area (Å²) >= 11 is 1.61. The molecular formula is C12H23NO4S2. The Bertz CT molecular complexity index is 410. The molecule has 0 heterocycles. The minimum Gasteiger partial charge on any atom is -0.481 e. The highest BCUT2D eigenvalue weighted by atomic mass is 32.2. The lowest BCUT2D eigenvalue weighted by Crippen LogP contribution is -2.45. The molecule has 1 N–H and O–H groups in total. The van der Waals surface area contributed by atoms with E-state index in [2.05, 4.69) is 0 Å². The third-order valence-corrected chi connectivity index (χ3v) is 7.05. The maximum Gasteiger partial charge on any atom is 0.307 e. The highest BCUT2D eigenvalue weighted by molar-refractivity contribution is 7.98. The maximum absolute atomic E-state index is 12.6. The Morgan fingerprint density at radius 1 is 1.47 bits per heavy atom. The fourth-order valence-corrected chi connectivity index (χ4v) is 5.80. The number of carbonyl (C=O) groups is 1. The first-order valence-corrected chi connectivity index (χ1v) is 9.44. The summed E-state index contributed by atoms with van der Waals surface area (Å²) in [5, 5.41) is 8.38. The number of nitrogens with zero attached hydrogens (tertiary/aromatic N) is 1. The van der Waals surface area contributed by atoms with E-state index < -0.39 is 27.2 Å². The molecule has 1 rings (SSSR count). The van der Waals surface area contributed by atoms with Crippen molar-refractivity contribution >= 4 is 27.8 Å². The smallest absolute Gasteiger partial charge is 0.307 e. The van der Waals surface area contributed by atoms with Crippen molar-refractivity contribution in [1.29, 1.82) is 0 Å². The molecule has 1 aliphatic rings. The molecule has 0 aromatic carbocycles. The molecule has 1 saturated carbocycles. The number of aliphatic carboxylic acids is 1. The molecule has 3 atom stereocenters. The Hall–Kier alpha value is -0.270. The Kier molecular flexibility index (Phi) is 6.14. The SMILES string of the molecule is CCC(CSC)N(C)S(=O)(=O)C1CCCC1C(=O)O. The Morgan fingerprint density at radius 3 is 2.58 bits per heavy atom. The summed E-state index contributed by atoms with van der Waals surface area (Å²) < 4.78 is 26.6. The van der Waals surface area contributed by atoms with Gasteiger partial charge in [0.05, 0.1) is 11.2 Å². The van der Waals surface area contributed by atoms with E-state index >= 15 is 0 Å². The predicted molar refractivity (Wildman–Crippen MR) is 77.9 cm³/mol. The summed E-state index contributed by atoms with van der Waals surface area (Å²) in [6.07, 6.45) is 4.28. The van der Waals surface area contributed by atoms with Crippen LogP contribution in [0.2, 0.25) is 0 Å². The largest absolute Gasteiger partial charge is 0.481 e. The van der Waals surface area contributed by atoms with Gasteiger partial charge in [0.2, 0.25) is 10.0 Å². The van der Waals surface area contributed by atoms with E-state index in [0.29, 0.717) is 19.3 Å². The summed E-state index contributed by atoms with van der Waals surface area (Å²) in [6.45, 7) is 1.95. The lowest BCUT2D eigenvalue weighted by atomic mass is 10.1. The van der Waals surface area contributed by atoms with E-state index in [1.165, 1.54) is 4.31 Å². The molecule has 0 saturated heterocycles. The zero-order valence-corrected chi connectivity index (χ0v) is 13.3. The van der Waals surface area contributed by atoms with Crippen LogP contribution in [-0.2, 0) is 14.8 Å². The number of hydrogen-bond acceptors (Lipinski definition) is 4. The van der Waals surface area contributed by atoms with Crippen LogP contribution in [-0.4, -0.2) is 54.1 Å². The second kappa shape index (κ2) is 6.95. The third kappa shape index (κ3) is 3.64. The molecule has 0 spiro atoms. The van der Waals surface area contributed by atoms with Crippen LogP contribution in [0.15, 0.2) is 0 Å². The molecule has 0 amide bonds. The molecule has 3 unspecified atom stereocenters. The standard InChI is InChI=1S/C12H23NO4S2/c1-4-9(8-18-3)13(2)19(16,17)11-7-5-6-10(11)12(14)15/h9-11H,4-8H2,1-3H3,(H,14,15). The van der Waals surface area contributed by atoms with Crippen molar-refractivity contribution in [2.45, 2.75) is 43.9 Å². The number of sulfonamides is 1. The first-order chi connectivity index (χ1) is 8.86. The van der Waals surface area contributed by atoms with Crippen LogP contribution in [0.1, 0.15) is 32.6 Å². The second-order valence-corrected chi connectivity index (χ2v) is 8.11. The first kappa shape index (κ1) is 16.8. The van der Waals surface area contributed by atoms with Gasteiger partial charge in [-0.05, 0) is 25.5 Å². The molecule has 19 heavy (non-hydrogen) atoms. The normalized spacial score (nSPS) is 25.7. The zero-order valence-electron chi connectivity index (χ0n) is 11.7. The molecular weight excluding hydrogens is 286 g/mol. The topological polar surface area (TPSA) is 74.7 Å². The van der Waals surface area contributed by atoms with Crippen LogP contribution in [0, 0.1) is 5.92 Å². The molecule has 7 heteroatoms. The second-order valence-electron chi connectivity index (χ2n) is 4.99. The fourth-order valence-electron chi connectivity index (χ4n) is 2.66. The summed E-state index contributed by atoms with van der Waals surface area (Å²) in [5.41, 5.74) is 0. The summed E-state index contributed by atoms with van der Waals surface area (Å²) in [7, 11) is -1.95. The summed E-state index contributed by atoms with van der Waals surface area (Å²) in [6, 6.07) is -0.0601. The van der Waals surface area contributed by atoms with E-state index in [4.69, 9.17) is 5.11 Å². The van der Waals surface area contributed by atoms with Gasteiger partial charge in [-0.3, -0.25) is 4.79 Å². The zero-order chi connectivity index (χ0) is 14.6. The highest BCUT2D eigenvalue weighted by Gasteiger charge is 2.44. The minimum absolute atomic E-state index is 0.0601. The maximum atomic E-state index is 12.6. The molecule has 0 bridgehead atoms. The van der Waals surface area contributed by atoms with Crippen LogP contribution in [0.3, 0.4) is 0 Å². The van der Waals surface area contributed by atoms with Gasteiger partial charge in [0.15, 0.2) is 0 Å². The summed E-state index contributed by atoms with van der Waals surface area (Å²) in [4.78, 5) is 11.2. The predicted octanol–water partition coefficient (Wildman–Crippen LogP) is 1.64. The molecule has 0 aliphatic heterocycles. The van der Waals surface area contributed by atoms with Crippen LogP contribution in [0.4, 0.5) is 0 Å². The van der Waals surface area contributed by atoms with E-state index in [-0.39, 0.29) is 6.04 Å². The minimum atomic E-state index is -3.53. The number of carboxylic acids is 1. The lowest BCUT2D eigenvalue weighted by Gasteiger charge is -2.30. The van der Waals surface area contributed by atoms with Crippen molar-refractivity contribution in [2.75, 3.05) is 19.1 Å². The molecule has 112 valence electrons. The quantitative estimate of drug-likeness (QED) is 0.774. The van der Waals surface area contributed by atoms with Crippen molar-refractivity contribution in [3.63, 3.8) is 0 Å². The van der Waals surface area contributed by atoms with Gasteiger partial charge in [0, 0.05) is 18.8 Å². The van der Waals surface area contributed by atoms with Crippen LogP contribution in [0.25, 0.3) is 0 Å². The lowest BCUT2D eigenvalue weighted by molar-refractivity contribution is -0.141. The van der Waals surface area contributed by atoms with Crippen molar-refractivity contribution in [3.05, 3.63) is 0 Å². The van der Waals surface area contributed by atoms with Gasteiger partial charge in [0.1, 0.15) is 0 Å². The molecule has 1 fully saturated rings. The molecule has 0 aromatic rings. The van der Waals surface area contributed by atoms with Crippen molar-refractivity contribution < 1.29 is 18.3 Å². The Labute approximate surface area is 119 Å². The molecule has 5 nitrogen and oxygen atoms in total. The van der Waals surface area contributed by atoms with Gasteiger partial charge in [0.25, 0.3) is 0 Å². The van der Waals surface area contributed by atoms with Gasteiger partial charge < -0.3 is 5.11 Å². The van der Waals surface area contributed by atoms with Crippen LogP contribution in [0.5, 0.6) is 0 Å².